The smallest absolute Gasteiger partial charge is 0.295 e. The van der Waals surface area contributed by atoms with Gasteiger partial charge in [0.1, 0.15) is 11.3 Å². The Balaban J connectivity index is 1.70. The number of carbonyl (C=O) groups excluding carboxylic acids is 1. The number of fused-ring (bicyclic) bond motifs is 2. The van der Waals surface area contributed by atoms with Crippen LogP contribution in [0.4, 0.5) is 5.69 Å². The molecule has 0 bridgehead atoms. The molecule has 0 saturated heterocycles. The summed E-state index contributed by atoms with van der Waals surface area (Å²) in [5.74, 6) is 0.933. The molecule has 0 N–H and O–H groups in total. The van der Waals surface area contributed by atoms with Gasteiger partial charge in [0.25, 0.3) is 5.91 Å². The summed E-state index contributed by atoms with van der Waals surface area (Å²) in [6.45, 7) is 8.92. The van der Waals surface area contributed by atoms with Crippen LogP contribution in [0.5, 0.6) is 5.75 Å². The summed E-state index contributed by atoms with van der Waals surface area (Å²) >= 11 is 6.20. The highest BCUT2D eigenvalue weighted by Gasteiger charge is 2.43. The first kappa shape index (κ1) is 24.1. The van der Waals surface area contributed by atoms with Crippen LogP contribution in [0.15, 0.2) is 69.9 Å². The Bertz CT molecular complexity index is 1540. The number of rotatable bonds is 6. The molecule has 3 aromatic carbocycles. The van der Waals surface area contributed by atoms with E-state index in [1.54, 1.807) is 23.1 Å². The summed E-state index contributed by atoms with van der Waals surface area (Å²) in [7, 11) is 0. The zero-order valence-electron chi connectivity index (χ0n) is 20.8. The van der Waals surface area contributed by atoms with Gasteiger partial charge >= 0.3 is 0 Å². The van der Waals surface area contributed by atoms with Crippen molar-refractivity contribution in [3.05, 3.63) is 104 Å². The van der Waals surface area contributed by atoms with E-state index in [9.17, 15) is 9.59 Å². The first-order valence-electron chi connectivity index (χ1n) is 12.1. The minimum absolute atomic E-state index is 0.0594. The van der Waals surface area contributed by atoms with Gasteiger partial charge in [-0.25, -0.2) is 0 Å². The molecule has 0 radical (unpaired) electrons. The van der Waals surface area contributed by atoms with Crippen molar-refractivity contribution >= 4 is 34.2 Å². The highest BCUT2D eigenvalue weighted by molar-refractivity contribution is 6.31. The first-order valence-corrected chi connectivity index (χ1v) is 12.5. The highest BCUT2D eigenvalue weighted by Crippen LogP contribution is 2.42. The molecule has 1 unspecified atom stereocenters. The molecule has 2 heterocycles. The largest absolute Gasteiger partial charge is 0.494 e. The number of aryl methyl sites for hydroxylation is 2. The van der Waals surface area contributed by atoms with Crippen molar-refractivity contribution in [2.45, 2.75) is 40.2 Å². The van der Waals surface area contributed by atoms with Crippen molar-refractivity contribution in [1.82, 2.24) is 0 Å². The van der Waals surface area contributed by atoms with E-state index in [1.165, 1.54) is 0 Å². The molecule has 0 fully saturated rings. The zero-order valence-corrected chi connectivity index (χ0v) is 21.6. The molecular formula is C30H28ClNO4. The normalized spacial score (nSPS) is 15.1. The van der Waals surface area contributed by atoms with Gasteiger partial charge in [0, 0.05) is 10.7 Å². The third-order valence-corrected chi connectivity index (χ3v) is 6.97. The van der Waals surface area contributed by atoms with Gasteiger partial charge in [-0.05, 0) is 85.3 Å². The molecule has 36 heavy (non-hydrogen) atoms. The fourth-order valence-electron chi connectivity index (χ4n) is 4.59. The quantitative estimate of drug-likeness (QED) is 0.279. The van der Waals surface area contributed by atoms with E-state index in [4.69, 9.17) is 20.8 Å². The number of halogens is 1. The summed E-state index contributed by atoms with van der Waals surface area (Å²) in [6.07, 6.45) is 0.931. The van der Waals surface area contributed by atoms with E-state index < -0.39 is 6.04 Å². The van der Waals surface area contributed by atoms with Gasteiger partial charge in [0.2, 0.25) is 5.76 Å². The standard InChI is InChI=1S/C30H28ClNO4/c1-17(2)12-13-35-23-7-5-6-20(15-23)27-26-28(33)24-16-21(31)9-11-25(24)36-29(26)30(34)32(27)22-10-8-18(3)19(4)14-22/h5-11,14-17,27H,12-13H2,1-4H3. The lowest BCUT2D eigenvalue weighted by atomic mass is 9.97. The monoisotopic (exact) mass is 501 g/mol. The van der Waals surface area contributed by atoms with Crippen LogP contribution in [0.2, 0.25) is 5.02 Å². The maximum atomic E-state index is 13.8. The van der Waals surface area contributed by atoms with Crippen molar-refractivity contribution in [2.24, 2.45) is 5.92 Å². The number of benzene rings is 3. The zero-order chi connectivity index (χ0) is 25.6. The predicted molar refractivity (Wildman–Crippen MR) is 143 cm³/mol. The Hall–Kier alpha value is -3.57. The van der Waals surface area contributed by atoms with Gasteiger partial charge in [0.05, 0.1) is 23.6 Å². The molecule has 0 aliphatic carbocycles. The number of ether oxygens (including phenoxy) is 1. The van der Waals surface area contributed by atoms with Crippen LogP contribution in [-0.2, 0) is 0 Å². The molecule has 5 nitrogen and oxygen atoms in total. The number of anilines is 1. The molecule has 6 heteroatoms. The van der Waals surface area contributed by atoms with Gasteiger partial charge in [0.15, 0.2) is 5.43 Å². The lowest BCUT2D eigenvalue weighted by Gasteiger charge is -2.26. The summed E-state index contributed by atoms with van der Waals surface area (Å²) in [5.41, 5.74) is 4.04. The fraction of sp³-hybridized carbons (Fsp3) is 0.267. The maximum Gasteiger partial charge on any atom is 0.295 e. The van der Waals surface area contributed by atoms with Crippen molar-refractivity contribution < 1.29 is 13.9 Å². The van der Waals surface area contributed by atoms with Gasteiger partial charge in [-0.3, -0.25) is 14.5 Å². The molecule has 0 saturated carbocycles. The Labute approximate surface area is 215 Å². The van der Waals surface area contributed by atoms with Crippen LogP contribution in [0.3, 0.4) is 0 Å². The summed E-state index contributed by atoms with van der Waals surface area (Å²) < 4.78 is 12.1. The van der Waals surface area contributed by atoms with Gasteiger partial charge in [-0.2, -0.15) is 0 Å². The van der Waals surface area contributed by atoms with E-state index in [0.29, 0.717) is 45.5 Å². The van der Waals surface area contributed by atoms with E-state index in [2.05, 4.69) is 13.8 Å². The highest BCUT2D eigenvalue weighted by atomic mass is 35.5. The van der Waals surface area contributed by atoms with E-state index >= 15 is 0 Å². The summed E-state index contributed by atoms with van der Waals surface area (Å²) in [4.78, 5) is 29.3. The van der Waals surface area contributed by atoms with Crippen molar-refractivity contribution in [2.75, 3.05) is 11.5 Å². The third-order valence-electron chi connectivity index (χ3n) is 6.74. The average Bonchev–Trinajstić information content (AvgIpc) is 3.14. The molecule has 184 valence electrons. The van der Waals surface area contributed by atoms with E-state index in [-0.39, 0.29) is 17.1 Å². The second-order valence-corrected chi connectivity index (χ2v) is 10.2. The van der Waals surface area contributed by atoms with Gasteiger partial charge in [-0.1, -0.05) is 43.6 Å². The second kappa shape index (κ2) is 9.47. The Morgan fingerprint density at radius 2 is 1.81 bits per heavy atom. The first-order chi connectivity index (χ1) is 17.2. The molecule has 5 rings (SSSR count). The summed E-state index contributed by atoms with van der Waals surface area (Å²) in [5, 5.41) is 0.785. The Morgan fingerprint density at radius 1 is 1.00 bits per heavy atom. The predicted octanol–water partition coefficient (Wildman–Crippen LogP) is 7.24. The van der Waals surface area contributed by atoms with Crippen LogP contribution >= 0.6 is 11.6 Å². The molecular weight excluding hydrogens is 474 g/mol. The number of amides is 1. The molecule has 0 spiro atoms. The van der Waals surface area contributed by atoms with Crippen molar-refractivity contribution in [3.8, 4) is 5.75 Å². The lowest BCUT2D eigenvalue weighted by molar-refractivity contribution is 0.0971. The Morgan fingerprint density at radius 3 is 2.56 bits per heavy atom. The fourth-order valence-corrected chi connectivity index (χ4v) is 4.76. The average molecular weight is 502 g/mol. The van der Waals surface area contributed by atoms with Crippen LogP contribution in [0, 0.1) is 19.8 Å². The maximum absolute atomic E-state index is 13.8. The molecule has 1 amide bonds. The third kappa shape index (κ3) is 4.28. The van der Waals surface area contributed by atoms with E-state index in [0.717, 1.165) is 23.1 Å². The van der Waals surface area contributed by atoms with Gasteiger partial charge < -0.3 is 9.15 Å². The molecule has 1 aliphatic heterocycles. The van der Waals surface area contributed by atoms with Crippen molar-refractivity contribution in [1.29, 1.82) is 0 Å². The SMILES string of the molecule is Cc1ccc(N2C(=O)c3oc4ccc(Cl)cc4c(=O)c3C2c2cccc(OCCC(C)C)c2)cc1C. The minimum atomic E-state index is -0.664. The number of hydrogen-bond donors (Lipinski definition) is 0. The number of nitrogens with zero attached hydrogens (tertiary/aromatic N) is 1. The Kier molecular flexibility index (Phi) is 6.35. The van der Waals surface area contributed by atoms with Crippen molar-refractivity contribution in [3.63, 3.8) is 0 Å². The molecule has 1 atom stereocenters. The van der Waals surface area contributed by atoms with Crippen LogP contribution < -0.4 is 15.1 Å². The second-order valence-electron chi connectivity index (χ2n) is 9.76. The molecule has 1 aromatic heterocycles. The van der Waals surface area contributed by atoms with Crippen LogP contribution in [0.25, 0.3) is 11.0 Å². The lowest BCUT2D eigenvalue weighted by Crippen LogP contribution is -2.29. The van der Waals surface area contributed by atoms with Crippen LogP contribution in [0.1, 0.15) is 59.1 Å². The molecule has 4 aromatic rings. The van der Waals surface area contributed by atoms with Crippen LogP contribution in [-0.4, -0.2) is 12.5 Å². The number of hydrogen-bond acceptors (Lipinski definition) is 4. The summed E-state index contributed by atoms with van der Waals surface area (Å²) in [6, 6.07) is 17.7. The number of carbonyl (C=O) groups is 1. The minimum Gasteiger partial charge on any atom is -0.494 e. The van der Waals surface area contributed by atoms with E-state index in [1.807, 2.05) is 56.3 Å². The topological polar surface area (TPSA) is 59.8 Å². The molecule has 1 aliphatic rings. The van der Waals surface area contributed by atoms with Gasteiger partial charge in [-0.15, -0.1) is 0 Å².